The molecule has 0 spiro atoms. The van der Waals surface area contributed by atoms with Crippen LogP contribution in [-0.4, -0.2) is 12.6 Å². The number of benzene rings is 3. The van der Waals surface area contributed by atoms with E-state index in [-0.39, 0.29) is 0 Å². The number of ether oxygens (including phenoxy) is 1. The predicted octanol–water partition coefficient (Wildman–Crippen LogP) is 5.13. The number of rotatable bonds is 3. The molecule has 0 aromatic heterocycles. The van der Waals surface area contributed by atoms with Crippen molar-refractivity contribution in [2.24, 2.45) is 5.10 Å². The minimum absolute atomic E-state index is 0.443. The second kappa shape index (κ2) is 6.44. The molecule has 0 atom stereocenters. The van der Waals surface area contributed by atoms with Gasteiger partial charge in [-0.2, -0.15) is 0 Å². The highest BCUT2D eigenvalue weighted by molar-refractivity contribution is 5.99. The fraction of sp³-hybridized carbons (Fsp3) is 0.136. The van der Waals surface area contributed by atoms with Gasteiger partial charge in [0, 0.05) is 5.56 Å². The van der Waals surface area contributed by atoms with E-state index in [1.807, 2.05) is 41.4 Å². The second-order valence-corrected chi connectivity index (χ2v) is 6.26. The van der Waals surface area contributed by atoms with Crippen LogP contribution in [0.1, 0.15) is 16.7 Å². The predicted molar refractivity (Wildman–Crippen MR) is 103 cm³/mol. The van der Waals surface area contributed by atoms with E-state index in [4.69, 9.17) is 4.74 Å². The molecule has 3 aromatic carbocycles. The quantitative estimate of drug-likeness (QED) is 0.666. The van der Waals surface area contributed by atoms with Crippen LogP contribution in [0.3, 0.4) is 0 Å². The minimum Gasteiger partial charge on any atom is -0.453 e. The lowest BCUT2D eigenvalue weighted by Gasteiger charge is -2.12. The highest BCUT2D eigenvalue weighted by atomic mass is 16.5. The van der Waals surface area contributed by atoms with Crippen LogP contribution < -0.4 is 5.01 Å². The topological polar surface area (TPSA) is 24.8 Å². The summed E-state index contributed by atoms with van der Waals surface area (Å²) in [6.07, 6.45) is 0. The van der Waals surface area contributed by atoms with Crippen LogP contribution in [0.5, 0.6) is 0 Å². The van der Waals surface area contributed by atoms with Crippen molar-refractivity contribution in [1.29, 1.82) is 0 Å². The molecule has 0 radical (unpaired) electrons. The van der Waals surface area contributed by atoms with Crippen LogP contribution in [0, 0.1) is 13.8 Å². The van der Waals surface area contributed by atoms with Crippen molar-refractivity contribution in [3.05, 3.63) is 89.5 Å². The Morgan fingerprint density at radius 3 is 2.04 bits per heavy atom. The van der Waals surface area contributed by atoms with Crippen molar-refractivity contribution in [3.63, 3.8) is 0 Å². The van der Waals surface area contributed by atoms with Crippen LogP contribution in [0.4, 0.5) is 5.69 Å². The zero-order valence-corrected chi connectivity index (χ0v) is 14.4. The Hall–Kier alpha value is -3.07. The van der Waals surface area contributed by atoms with Gasteiger partial charge in [0.2, 0.25) is 5.90 Å². The molecule has 3 nitrogen and oxygen atoms in total. The first kappa shape index (κ1) is 15.5. The Labute approximate surface area is 148 Å². The lowest BCUT2D eigenvalue weighted by atomic mass is 9.95. The summed E-state index contributed by atoms with van der Waals surface area (Å²) in [4.78, 5) is 0. The average Bonchev–Trinajstić information content (AvgIpc) is 3.12. The molecule has 1 aliphatic rings. The SMILES string of the molecule is Cc1cc(-c2ccccc2)cc(C)c1C1=NN(c2ccccc2)CO1. The summed E-state index contributed by atoms with van der Waals surface area (Å²) in [7, 11) is 0. The van der Waals surface area contributed by atoms with Gasteiger partial charge in [0.05, 0.1) is 5.69 Å². The van der Waals surface area contributed by atoms with E-state index in [0.29, 0.717) is 12.6 Å². The van der Waals surface area contributed by atoms with Crippen LogP contribution in [0.2, 0.25) is 0 Å². The number of para-hydroxylation sites is 1. The molecule has 0 bridgehead atoms. The molecule has 1 heterocycles. The summed E-state index contributed by atoms with van der Waals surface area (Å²) in [6, 6.07) is 24.9. The normalized spacial score (nSPS) is 13.5. The first-order chi connectivity index (χ1) is 12.2. The van der Waals surface area contributed by atoms with Crippen molar-refractivity contribution in [2.45, 2.75) is 13.8 Å². The molecule has 3 aromatic rings. The van der Waals surface area contributed by atoms with Gasteiger partial charge in [0.25, 0.3) is 0 Å². The zero-order chi connectivity index (χ0) is 17.2. The summed E-state index contributed by atoms with van der Waals surface area (Å²) >= 11 is 0. The Bertz CT molecular complexity index is 894. The van der Waals surface area contributed by atoms with Gasteiger partial charge >= 0.3 is 0 Å². The van der Waals surface area contributed by atoms with Crippen LogP contribution in [0.15, 0.2) is 77.9 Å². The molecule has 0 aliphatic carbocycles. The lowest BCUT2D eigenvalue weighted by molar-refractivity contribution is 0.338. The van der Waals surface area contributed by atoms with E-state index < -0.39 is 0 Å². The number of anilines is 1. The summed E-state index contributed by atoms with van der Waals surface area (Å²) in [5.74, 6) is 0.693. The summed E-state index contributed by atoms with van der Waals surface area (Å²) in [6.45, 7) is 4.68. The third kappa shape index (κ3) is 3.01. The maximum Gasteiger partial charge on any atom is 0.241 e. The van der Waals surface area contributed by atoms with Crippen LogP contribution >= 0.6 is 0 Å². The Morgan fingerprint density at radius 1 is 0.800 bits per heavy atom. The first-order valence-electron chi connectivity index (χ1n) is 8.43. The molecule has 0 amide bonds. The smallest absolute Gasteiger partial charge is 0.241 e. The van der Waals surface area contributed by atoms with E-state index in [2.05, 4.69) is 55.3 Å². The Balaban J connectivity index is 1.70. The van der Waals surface area contributed by atoms with Crippen molar-refractivity contribution < 1.29 is 4.74 Å². The highest BCUT2D eigenvalue weighted by Gasteiger charge is 2.22. The van der Waals surface area contributed by atoms with Gasteiger partial charge < -0.3 is 4.74 Å². The monoisotopic (exact) mass is 328 g/mol. The minimum atomic E-state index is 0.443. The molecule has 1 aliphatic heterocycles. The lowest BCUT2D eigenvalue weighted by Crippen LogP contribution is -2.12. The summed E-state index contributed by atoms with van der Waals surface area (Å²) in [5.41, 5.74) is 6.91. The number of hydrogen-bond donors (Lipinski definition) is 0. The standard InChI is InChI=1S/C22H20N2O/c1-16-13-19(18-9-5-3-6-10-18)14-17(2)21(16)22-23-24(15-25-22)20-11-7-4-8-12-20/h3-14H,15H2,1-2H3. The largest absolute Gasteiger partial charge is 0.453 e. The van der Waals surface area contributed by atoms with Crippen LogP contribution in [0.25, 0.3) is 11.1 Å². The Kier molecular flexibility index (Phi) is 3.98. The molecule has 3 heteroatoms. The molecule has 124 valence electrons. The maximum atomic E-state index is 5.89. The first-order valence-corrected chi connectivity index (χ1v) is 8.43. The molecule has 0 saturated heterocycles. The van der Waals surface area contributed by atoms with Gasteiger partial charge in [-0.15, -0.1) is 5.10 Å². The third-order valence-corrected chi connectivity index (χ3v) is 4.44. The van der Waals surface area contributed by atoms with Gasteiger partial charge in [-0.1, -0.05) is 60.7 Å². The van der Waals surface area contributed by atoms with Gasteiger partial charge in [-0.25, -0.2) is 5.01 Å². The van der Waals surface area contributed by atoms with Crippen molar-refractivity contribution >= 4 is 11.6 Å². The van der Waals surface area contributed by atoms with E-state index in [9.17, 15) is 0 Å². The molecular formula is C22H20N2O. The summed E-state index contributed by atoms with van der Waals surface area (Å²) < 4.78 is 5.89. The third-order valence-electron chi connectivity index (χ3n) is 4.44. The number of hydrazone groups is 1. The number of hydrogen-bond acceptors (Lipinski definition) is 3. The fourth-order valence-corrected chi connectivity index (χ4v) is 3.24. The Morgan fingerprint density at radius 2 is 1.40 bits per heavy atom. The van der Waals surface area contributed by atoms with Gasteiger partial charge in [-0.3, -0.25) is 0 Å². The molecule has 0 fully saturated rings. The van der Waals surface area contributed by atoms with Crippen molar-refractivity contribution in [2.75, 3.05) is 11.7 Å². The van der Waals surface area contributed by atoms with Gasteiger partial charge in [0.15, 0.2) is 6.73 Å². The fourth-order valence-electron chi connectivity index (χ4n) is 3.24. The molecule has 4 rings (SSSR count). The maximum absolute atomic E-state index is 5.89. The zero-order valence-electron chi connectivity index (χ0n) is 14.4. The van der Waals surface area contributed by atoms with E-state index >= 15 is 0 Å². The highest BCUT2D eigenvalue weighted by Crippen LogP contribution is 2.28. The van der Waals surface area contributed by atoms with E-state index in [1.165, 1.54) is 22.3 Å². The van der Waals surface area contributed by atoms with E-state index in [1.54, 1.807) is 0 Å². The average molecular weight is 328 g/mol. The molecule has 0 saturated carbocycles. The van der Waals surface area contributed by atoms with Gasteiger partial charge in [-0.05, 0) is 48.2 Å². The molecule has 0 N–H and O–H groups in total. The van der Waals surface area contributed by atoms with Gasteiger partial charge in [0.1, 0.15) is 0 Å². The molecule has 25 heavy (non-hydrogen) atoms. The molecule has 0 unspecified atom stereocenters. The van der Waals surface area contributed by atoms with E-state index in [0.717, 1.165) is 11.3 Å². The van der Waals surface area contributed by atoms with Crippen LogP contribution in [-0.2, 0) is 4.74 Å². The van der Waals surface area contributed by atoms with Crippen molar-refractivity contribution in [3.8, 4) is 11.1 Å². The number of nitrogens with zero attached hydrogens (tertiary/aromatic N) is 2. The summed E-state index contributed by atoms with van der Waals surface area (Å²) in [5, 5.41) is 6.57. The van der Waals surface area contributed by atoms with Crippen molar-refractivity contribution in [1.82, 2.24) is 0 Å². The second-order valence-electron chi connectivity index (χ2n) is 6.26. The number of aryl methyl sites for hydroxylation is 2. The molecular weight excluding hydrogens is 308 g/mol.